The number of nitrogens with two attached hydrogens (primary N) is 1. The first-order chi connectivity index (χ1) is 10.5. The second kappa shape index (κ2) is 8.26. The number of hydrogen-bond acceptors (Lipinski definition) is 4. The molecule has 1 aromatic heterocycles. The summed E-state index contributed by atoms with van der Waals surface area (Å²) in [4.78, 5) is 16.8. The molecule has 1 aliphatic rings. The molecule has 132 valence electrons. The third kappa shape index (κ3) is 4.13. The van der Waals surface area contributed by atoms with Gasteiger partial charge in [-0.1, -0.05) is 6.07 Å². The van der Waals surface area contributed by atoms with E-state index in [0.29, 0.717) is 24.3 Å². The number of aryl methyl sites for hydroxylation is 2. The van der Waals surface area contributed by atoms with Crippen LogP contribution in [0, 0.1) is 6.92 Å². The van der Waals surface area contributed by atoms with E-state index in [-0.39, 0.29) is 30.7 Å². The van der Waals surface area contributed by atoms with Crippen LogP contribution in [0.4, 0.5) is 11.4 Å². The normalized spacial score (nSPS) is 13.9. The number of piperazine rings is 1. The molecule has 0 unspecified atom stereocenters. The molecule has 0 aliphatic carbocycles. The average molecular weight is 372 g/mol. The molecule has 0 bridgehead atoms. The molecule has 24 heavy (non-hydrogen) atoms. The molecule has 2 aromatic rings. The van der Waals surface area contributed by atoms with Gasteiger partial charge in [0, 0.05) is 50.7 Å². The molecule has 1 aliphatic heterocycles. The number of amides is 1. The molecule has 1 saturated heterocycles. The van der Waals surface area contributed by atoms with Crippen LogP contribution in [-0.4, -0.2) is 46.8 Å². The number of carbonyl (C=O) groups excluding carboxylic acids is 1. The maximum atomic E-state index is 12.7. The van der Waals surface area contributed by atoms with E-state index in [9.17, 15) is 4.79 Å². The second-order valence-corrected chi connectivity index (χ2v) is 5.73. The van der Waals surface area contributed by atoms with Crippen molar-refractivity contribution < 1.29 is 4.79 Å². The SMILES string of the molecule is Cc1ccc(N)cc1C(=O)N1CCN(c2cnn(C)c2)CC1.Cl.Cl. The summed E-state index contributed by atoms with van der Waals surface area (Å²) in [6, 6.07) is 5.49. The van der Waals surface area contributed by atoms with Crippen LogP contribution in [0.2, 0.25) is 0 Å². The van der Waals surface area contributed by atoms with Crippen LogP contribution in [0.25, 0.3) is 0 Å². The fourth-order valence-corrected chi connectivity index (χ4v) is 2.78. The van der Waals surface area contributed by atoms with E-state index in [2.05, 4.69) is 10.00 Å². The summed E-state index contributed by atoms with van der Waals surface area (Å²) in [6.45, 7) is 5.00. The standard InChI is InChI=1S/C16H21N5O.2ClH/c1-12-3-4-13(17)9-15(12)16(22)21-7-5-20(6-8-21)14-10-18-19(2)11-14;;/h3-4,9-11H,5-8,17H2,1-2H3;2*1H. The van der Waals surface area contributed by atoms with Crippen molar-refractivity contribution in [3.8, 4) is 0 Å². The Morgan fingerprint density at radius 1 is 1.17 bits per heavy atom. The first-order valence-electron chi connectivity index (χ1n) is 7.43. The Bertz CT molecular complexity index is 696. The average Bonchev–Trinajstić information content (AvgIpc) is 2.96. The molecular weight excluding hydrogens is 349 g/mol. The lowest BCUT2D eigenvalue weighted by molar-refractivity contribution is 0.0746. The third-order valence-electron chi connectivity index (χ3n) is 4.12. The monoisotopic (exact) mass is 371 g/mol. The lowest BCUT2D eigenvalue weighted by atomic mass is 10.1. The van der Waals surface area contributed by atoms with Crippen molar-refractivity contribution >= 4 is 42.1 Å². The van der Waals surface area contributed by atoms with Crippen LogP contribution in [0.15, 0.2) is 30.6 Å². The minimum Gasteiger partial charge on any atom is -0.399 e. The number of halogens is 2. The Morgan fingerprint density at radius 2 is 1.83 bits per heavy atom. The van der Waals surface area contributed by atoms with Gasteiger partial charge >= 0.3 is 0 Å². The Kier molecular flexibility index (Phi) is 6.93. The van der Waals surface area contributed by atoms with Gasteiger partial charge < -0.3 is 15.5 Å². The number of benzene rings is 1. The zero-order valence-electron chi connectivity index (χ0n) is 13.8. The fourth-order valence-electron chi connectivity index (χ4n) is 2.78. The zero-order chi connectivity index (χ0) is 15.7. The number of aromatic nitrogens is 2. The molecule has 2 heterocycles. The van der Waals surface area contributed by atoms with Gasteiger partial charge in [-0.15, -0.1) is 24.8 Å². The molecule has 2 N–H and O–H groups in total. The fraction of sp³-hybridized carbons (Fsp3) is 0.375. The summed E-state index contributed by atoms with van der Waals surface area (Å²) in [7, 11) is 1.91. The Balaban J connectivity index is 0.00000144. The van der Waals surface area contributed by atoms with E-state index in [1.165, 1.54) is 0 Å². The predicted molar refractivity (Wildman–Crippen MR) is 101 cm³/mol. The van der Waals surface area contributed by atoms with Gasteiger partial charge in [-0.3, -0.25) is 9.48 Å². The maximum absolute atomic E-state index is 12.7. The topological polar surface area (TPSA) is 67.4 Å². The first-order valence-corrected chi connectivity index (χ1v) is 7.43. The number of anilines is 2. The van der Waals surface area contributed by atoms with Crippen molar-refractivity contribution in [3.63, 3.8) is 0 Å². The van der Waals surface area contributed by atoms with E-state index in [1.54, 1.807) is 10.7 Å². The summed E-state index contributed by atoms with van der Waals surface area (Å²) >= 11 is 0. The van der Waals surface area contributed by atoms with Crippen molar-refractivity contribution in [2.45, 2.75) is 6.92 Å². The highest BCUT2D eigenvalue weighted by Gasteiger charge is 2.23. The lowest BCUT2D eigenvalue weighted by Crippen LogP contribution is -2.48. The molecule has 0 radical (unpaired) electrons. The van der Waals surface area contributed by atoms with Gasteiger partial charge in [-0.05, 0) is 24.6 Å². The maximum Gasteiger partial charge on any atom is 0.254 e. The summed E-state index contributed by atoms with van der Waals surface area (Å²) in [5.74, 6) is 0.0654. The van der Waals surface area contributed by atoms with E-state index in [4.69, 9.17) is 5.73 Å². The van der Waals surface area contributed by atoms with Crippen LogP contribution in [0.1, 0.15) is 15.9 Å². The zero-order valence-corrected chi connectivity index (χ0v) is 15.4. The first kappa shape index (κ1) is 20.1. The molecule has 1 aromatic carbocycles. The van der Waals surface area contributed by atoms with Crippen LogP contribution in [0.5, 0.6) is 0 Å². The van der Waals surface area contributed by atoms with E-state index >= 15 is 0 Å². The highest BCUT2D eigenvalue weighted by Crippen LogP contribution is 2.19. The van der Waals surface area contributed by atoms with Gasteiger partial charge in [-0.25, -0.2) is 0 Å². The van der Waals surface area contributed by atoms with Crippen molar-refractivity contribution in [2.24, 2.45) is 7.05 Å². The molecule has 8 heteroatoms. The van der Waals surface area contributed by atoms with Crippen LogP contribution in [-0.2, 0) is 7.05 Å². The number of hydrogen-bond donors (Lipinski definition) is 1. The van der Waals surface area contributed by atoms with Gasteiger partial charge in [0.15, 0.2) is 0 Å². The smallest absolute Gasteiger partial charge is 0.254 e. The van der Waals surface area contributed by atoms with Crippen LogP contribution in [0.3, 0.4) is 0 Å². The highest BCUT2D eigenvalue weighted by atomic mass is 35.5. The molecular formula is C16H23Cl2N5O. The minimum atomic E-state index is 0. The lowest BCUT2D eigenvalue weighted by Gasteiger charge is -2.35. The molecule has 6 nitrogen and oxygen atoms in total. The molecule has 3 rings (SSSR count). The summed E-state index contributed by atoms with van der Waals surface area (Å²) in [5.41, 5.74) is 9.21. The van der Waals surface area contributed by atoms with Gasteiger partial charge in [-0.2, -0.15) is 5.10 Å². The molecule has 1 fully saturated rings. The van der Waals surface area contributed by atoms with Crippen LogP contribution >= 0.6 is 24.8 Å². The van der Waals surface area contributed by atoms with Crippen molar-refractivity contribution in [3.05, 3.63) is 41.7 Å². The summed E-state index contributed by atoms with van der Waals surface area (Å²) in [5, 5.41) is 4.20. The Hall–Kier alpha value is -1.92. The van der Waals surface area contributed by atoms with E-state index < -0.39 is 0 Å². The van der Waals surface area contributed by atoms with Crippen LogP contribution < -0.4 is 10.6 Å². The van der Waals surface area contributed by atoms with E-state index in [1.807, 2.05) is 43.4 Å². The number of nitrogens with zero attached hydrogens (tertiary/aromatic N) is 4. The predicted octanol–water partition coefficient (Wildman–Crippen LogP) is 2.12. The van der Waals surface area contributed by atoms with Crippen molar-refractivity contribution in [1.29, 1.82) is 0 Å². The van der Waals surface area contributed by atoms with Gasteiger partial charge in [0.1, 0.15) is 0 Å². The largest absolute Gasteiger partial charge is 0.399 e. The van der Waals surface area contributed by atoms with E-state index in [0.717, 1.165) is 24.3 Å². The second-order valence-electron chi connectivity index (χ2n) is 5.73. The van der Waals surface area contributed by atoms with Gasteiger partial charge in [0.2, 0.25) is 0 Å². The highest BCUT2D eigenvalue weighted by molar-refractivity contribution is 5.96. The van der Waals surface area contributed by atoms with Crippen molar-refractivity contribution in [2.75, 3.05) is 36.8 Å². The Labute approximate surface area is 154 Å². The molecule has 0 atom stereocenters. The minimum absolute atomic E-state index is 0. The summed E-state index contributed by atoms with van der Waals surface area (Å²) in [6.07, 6.45) is 3.86. The van der Waals surface area contributed by atoms with Gasteiger partial charge in [0.25, 0.3) is 5.91 Å². The van der Waals surface area contributed by atoms with Gasteiger partial charge in [0.05, 0.1) is 11.9 Å². The van der Waals surface area contributed by atoms with Crippen molar-refractivity contribution in [1.82, 2.24) is 14.7 Å². The quantitative estimate of drug-likeness (QED) is 0.820. The Morgan fingerprint density at radius 3 is 2.42 bits per heavy atom. The molecule has 1 amide bonds. The number of carbonyl (C=O) groups is 1. The number of rotatable bonds is 2. The molecule has 0 spiro atoms. The molecule has 0 saturated carbocycles. The number of nitrogen functional groups attached to an aromatic ring is 1. The third-order valence-corrected chi connectivity index (χ3v) is 4.12. The summed E-state index contributed by atoms with van der Waals surface area (Å²) < 4.78 is 1.79.